The molecule has 0 radical (unpaired) electrons. The highest BCUT2D eigenvalue weighted by Crippen LogP contribution is 2.23. The van der Waals surface area contributed by atoms with Gasteiger partial charge >= 0.3 is 0 Å². The molecule has 118 valence electrons. The Morgan fingerprint density at radius 3 is 2.52 bits per heavy atom. The molecule has 0 saturated carbocycles. The van der Waals surface area contributed by atoms with Gasteiger partial charge in [-0.2, -0.15) is 0 Å². The van der Waals surface area contributed by atoms with Crippen LogP contribution in [0.1, 0.15) is 38.2 Å². The van der Waals surface area contributed by atoms with Gasteiger partial charge in [0.05, 0.1) is 10.0 Å². The predicted octanol–water partition coefficient (Wildman–Crippen LogP) is 4.69. The number of halogens is 2. The Kier molecular flexibility index (Phi) is 7.31. The highest BCUT2D eigenvalue weighted by molar-refractivity contribution is 6.42. The summed E-state index contributed by atoms with van der Waals surface area (Å²) < 4.78 is 0. The van der Waals surface area contributed by atoms with Crippen molar-refractivity contribution in [1.82, 2.24) is 9.80 Å². The minimum absolute atomic E-state index is 0.633. The summed E-state index contributed by atoms with van der Waals surface area (Å²) in [6.45, 7) is 9.20. The zero-order chi connectivity index (χ0) is 15.1. The van der Waals surface area contributed by atoms with Crippen LogP contribution in [0.5, 0.6) is 0 Å². The Balaban J connectivity index is 1.75. The van der Waals surface area contributed by atoms with Crippen molar-refractivity contribution in [1.29, 1.82) is 0 Å². The number of likely N-dealkylation sites (tertiary alicyclic amines) is 1. The first-order valence-electron chi connectivity index (χ1n) is 8.07. The Labute approximate surface area is 139 Å². The molecule has 0 aliphatic carbocycles. The molecule has 0 bridgehead atoms. The van der Waals surface area contributed by atoms with E-state index in [1.54, 1.807) is 0 Å². The van der Waals surface area contributed by atoms with Crippen LogP contribution in [0.3, 0.4) is 0 Å². The largest absolute Gasteiger partial charge is 0.303 e. The molecule has 2 nitrogen and oxygen atoms in total. The van der Waals surface area contributed by atoms with Crippen LogP contribution < -0.4 is 0 Å². The van der Waals surface area contributed by atoms with Gasteiger partial charge in [-0.25, -0.2) is 0 Å². The Morgan fingerprint density at radius 2 is 1.86 bits per heavy atom. The van der Waals surface area contributed by atoms with Crippen molar-refractivity contribution < 1.29 is 0 Å². The predicted molar refractivity (Wildman–Crippen MR) is 92.3 cm³/mol. The van der Waals surface area contributed by atoms with Crippen LogP contribution >= 0.6 is 23.2 Å². The van der Waals surface area contributed by atoms with E-state index in [0.29, 0.717) is 10.0 Å². The number of nitrogens with zero attached hydrogens (tertiary/aromatic N) is 2. The van der Waals surface area contributed by atoms with Gasteiger partial charge in [0.2, 0.25) is 0 Å². The maximum absolute atomic E-state index is 6.09. The Bertz CT molecular complexity index is 431. The molecule has 1 heterocycles. The quantitative estimate of drug-likeness (QED) is 0.716. The van der Waals surface area contributed by atoms with Crippen molar-refractivity contribution in [3.63, 3.8) is 0 Å². The SMILES string of the molecule is CCN(CCCN1CCCCC1)Cc1ccc(Cl)c(Cl)c1. The fourth-order valence-electron chi connectivity index (χ4n) is 2.95. The number of hydrogen-bond acceptors (Lipinski definition) is 2. The minimum Gasteiger partial charge on any atom is -0.303 e. The van der Waals surface area contributed by atoms with Crippen LogP contribution in [-0.4, -0.2) is 42.5 Å². The van der Waals surface area contributed by atoms with E-state index in [-0.39, 0.29) is 0 Å². The molecule has 0 spiro atoms. The van der Waals surface area contributed by atoms with Crippen molar-refractivity contribution in [2.75, 3.05) is 32.7 Å². The summed E-state index contributed by atoms with van der Waals surface area (Å²) in [5, 5.41) is 1.28. The smallest absolute Gasteiger partial charge is 0.0595 e. The summed E-state index contributed by atoms with van der Waals surface area (Å²) in [5.74, 6) is 0. The number of piperidine rings is 1. The molecule has 0 aromatic heterocycles. The van der Waals surface area contributed by atoms with Gasteiger partial charge in [-0.15, -0.1) is 0 Å². The second-order valence-electron chi connectivity index (χ2n) is 5.87. The van der Waals surface area contributed by atoms with Gasteiger partial charge in [0.1, 0.15) is 0 Å². The van der Waals surface area contributed by atoms with E-state index in [9.17, 15) is 0 Å². The van der Waals surface area contributed by atoms with Gasteiger partial charge in [-0.3, -0.25) is 4.90 Å². The molecular formula is C17H26Cl2N2. The average molecular weight is 329 g/mol. The summed E-state index contributed by atoms with van der Waals surface area (Å²) in [4.78, 5) is 5.08. The zero-order valence-electron chi connectivity index (χ0n) is 13.0. The van der Waals surface area contributed by atoms with E-state index in [2.05, 4.69) is 22.8 Å². The zero-order valence-corrected chi connectivity index (χ0v) is 14.5. The third kappa shape index (κ3) is 5.78. The van der Waals surface area contributed by atoms with Crippen LogP contribution in [0.15, 0.2) is 18.2 Å². The van der Waals surface area contributed by atoms with E-state index >= 15 is 0 Å². The van der Waals surface area contributed by atoms with Gasteiger partial charge in [-0.05, 0) is 69.7 Å². The molecule has 21 heavy (non-hydrogen) atoms. The average Bonchev–Trinajstić information content (AvgIpc) is 2.51. The molecule has 0 N–H and O–H groups in total. The molecule has 1 aliphatic heterocycles. The number of rotatable bonds is 7. The highest BCUT2D eigenvalue weighted by atomic mass is 35.5. The molecular weight excluding hydrogens is 303 g/mol. The van der Waals surface area contributed by atoms with E-state index in [1.165, 1.54) is 50.9 Å². The summed E-state index contributed by atoms with van der Waals surface area (Å²) in [6, 6.07) is 5.94. The van der Waals surface area contributed by atoms with E-state index in [4.69, 9.17) is 23.2 Å². The lowest BCUT2D eigenvalue weighted by Crippen LogP contribution is -2.33. The third-order valence-corrected chi connectivity index (χ3v) is 4.97. The van der Waals surface area contributed by atoms with Crippen LogP contribution in [0.4, 0.5) is 0 Å². The van der Waals surface area contributed by atoms with Crippen LogP contribution in [-0.2, 0) is 6.54 Å². The standard InChI is InChI=1S/C17H26Cl2N2/c1-2-20(11-6-12-21-9-4-3-5-10-21)14-15-7-8-16(18)17(19)13-15/h7-8,13H,2-6,9-12,14H2,1H3. The first-order chi connectivity index (χ1) is 10.2. The molecule has 1 saturated heterocycles. The summed E-state index contributed by atoms with van der Waals surface area (Å²) in [6.07, 6.45) is 5.41. The van der Waals surface area contributed by atoms with Crippen LogP contribution in [0.2, 0.25) is 10.0 Å². The number of benzene rings is 1. The molecule has 1 aliphatic rings. The maximum atomic E-state index is 6.09. The lowest BCUT2D eigenvalue weighted by Gasteiger charge is -2.28. The molecule has 1 aromatic carbocycles. The molecule has 0 atom stereocenters. The van der Waals surface area contributed by atoms with Crippen molar-refractivity contribution in [2.24, 2.45) is 0 Å². The minimum atomic E-state index is 0.633. The lowest BCUT2D eigenvalue weighted by molar-refractivity contribution is 0.202. The summed E-state index contributed by atoms with van der Waals surface area (Å²) >= 11 is 12.1. The maximum Gasteiger partial charge on any atom is 0.0595 e. The Hall–Kier alpha value is -0.280. The molecule has 1 aromatic rings. The summed E-state index contributed by atoms with van der Waals surface area (Å²) in [7, 11) is 0. The first-order valence-corrected chi connectivity index (χ1v) is 8.83. The summed E-state index contributed by atoms with van der Waals surface area (Å²) in [5.41, 5.74) is 1.24. The highest BCUT2D eigenvalue weighted by Gasteiger charge is 2.11. The van der Waals surface area contributed by atoms with E-state index in [1.807, 2.05) is 12.1 Å². The normalized spacial score (nSPS) is 16.6. The van der Waals surface area contributed by atoms with Crippen LogP contribution in [0.25, 0.3) is 0 Å². The van der Waals surface area contributed by atoms with Gasteiger partial charge in [-0.1, -0.05) is 42.6 Å². The third-order valence-electron chi connectivity index (χ3n) is 4.23. The van der Waals surface area contributed by atoms with Crippen molar-refractivity contribution in [3.05, 3.63) is 33.8 Å². The molecule has 0 amide bonds. The fraction of sp³-hybridized carbons (Fsp3) is 0.647. The van der Waals surface area contributed by atoms with Crippen molar-refractivity contribution in [2.45, 2.75) is 39.2 Å². The molecule has 0 unspecified atom stereocenters. The topological polar surface area (TPSA) is 6.48 Å². The molecule has 2 rings (SSSR count). The van der Waals surface area contributed by atoms with Gasteiger partial charge in [0.25, 0.3) is 0 Å². The monoisotopic (exact) mass is 328 g/mol. The van der Waals surface area contributed by atoms with Crippen molar-refractivity contribution in [3.8, 4) is 0 Å². The molecule has 4 heteroatoms. The second kappa shape index (κ2) is 8.99. The van der Waals surface area contributed by atoms with Gasteiger partial charge < -0.3 is 4.90 Å². The molecule has 1 fully saturated rings. The van der Waals surface area contributed by atoms with Crippen LogP contribution in [0, 0.1) is 0 Å². The Morgan fingerprint density at radius 1 is 1.10 bits per heavy atom. The van der Waals surface area contributed by atoms with Crippen molar-refractivity contribution >= 4 is 23.2 Å². The fourth-order valence-corrected chi connectivity index (χ4v) is 3.27. The van der Waals surface area contributed by atoms with Gasteiger partial charge in [0.15, 0.2) is 0 Å². The van der Waals surface area contributed by atoms with E-state index < -0.39 is 0 Å². The van der Waals surface area contributed by atoms with Gasteiger partial charge in [0, 0.05) is 6.54 Å². The number of hydrogen-bond donors (Lipinski definition) is 0. The lowest BCUT2D eigenvalue weighted by atomic mass is 10.1. The first kappa shape index (κ1) is 17.1. The second-order valence-corrected chi connectivity index (χ2v) is 6.69. The van der Waals surface area contributed by atoms with E-state index in [0.717, 1.165) is 19.6 Å².